The van der Waals surface area contributed by atoms with Crippen molar-refractivity contribution >= 4 is 27.5 Å². The van der Waals surface area contributed by atoms with E-state index in [1.165, 1.54) is 32.1 Å². The number of sulfone groups is 1. The summed E-state index contributed by atoms with van der Waals surface area (Å²) in [7, 11) is -3.53. The van der Waals surface area contributed by atoms with Gasteiger partial charge < -0.3 is 9.73 Å². The maximum atomic E-state index is 12.8. The molecule has 164 valence electrons. The van der Waals surface area contributed by atoms with Crippen LogP contribution < -0.4 is 5.32 Å². The molecule has 0 radical (unpaired) electrons. The number of carbonyl (C=O) groups is 1. The summed E-state index contributed by atoms with van der Waals surface area (Å²) >= 11 is 2.01. The van der Waals surface area contributed by atoms with Crippen molar-refractivity contribution in [2.45, 2.75) is 67.8 Å². The third kappa shape index (κ3) is 6.38. The van der Waals surface area contributed by atoms with Crippen LogP contribution in [-0.4, -0.2) is 31.9 Å². The van der Waals surface area contributed by atoms with Gasteiger partial charge in [-0.05, 0) is 55.2 Å². The van der Waals surface area contributed by atoms with Crippen molar-refractivity contribution in [2.24, 2.45) is 0 Å². The standard InChI is InChI=1S/C23H31NO4S2/c1-2-18-9-6-7-12-22(18)30(26,27)17-19-13-14-21(28-19)23(25)24-15-8-16-29-20-10-4-3-5-11-20/h6-7,9,12-14,20H,2-5,8,10-11,15-17H2,1H3,(H,24,25). The lowest BCUT2D eigenvalue weighted by molar-refractivity contribution is 0.0924. The third-order valence-corrected chi connectivity index (χ3v) is 8.62. The van der Waals surface area contributed by atoms with E-state index in [0.29, 0.717) is 17.9 Å². The maximum Gasteiger partial charge on any atom is 0.286 e. The predicted octanol–water partition coefficient (Wildman–Crippen LogP) is 5.00. The van der Waals surface area contributed by atoms with E-state index in [0.717, 1.165) is 23.0 Å². The topological polar surface area (TPSA) is 76.4 Å². The van der Waals surface area contributed by atoms with E-state index in [1.807, 2.05) is 30.8 Å². The van der Waals surface area contributed by atoms with Gasteiger partial charge in [0.15, 0.2) is 15.6 Å². The Kier molecular flexibility index (Phi) is 8.45. The zero-order valence-electron chi connectivity index (χ0n) is 17.6. The smallest absolute Gasteiger partial charge is 0.286 e. The van der Waals surface area contributed by atoms with Crippen LogP contribution in [0.15, 0.2) is 45.7 Å². The minimum atomic E-state index is -3.53. The van der Waals surface area contributed by atoms with Crippen molar-refractivity contribution in [2.75, 3.05) is 12.3 Å². The highest BCUT2D eigenvalue weighted by molar-refractivity contribution is 7.99. The van der Waals surface area contributed by atoms with Crippen molar-refractivity contribution in [1.82, 2.24) is 5.32 Å². The molecule has 1 heterocycles. The van der Waals surface area contributed by atoms with Crippen molar-refractivity contribution in [3.05, 3.63) is 53.5 Å². The Bertz CT molecular complexity index is 930. The Hall–Kier alpha value is -1.73. The van der Waals surface area contributed by atoms with E-state index in [-0.39, 0.29) is 23.2 Å². The summed E-state index contributed by atoms with van der Waals surface area (Å²) in [4.78, 5) is 12.6. The van der Waals surface area contributed by atoms with Gasteiger partial charge in [0.2, 0.25) is 0 Å². The molecule has 0 aliphatic heterocycles. The minimum Gasteiger partial charge on any atom is -0.455 e. The first-order valence-corrected chi connectivity index (χ1v) is 13.5. The lowest BCUT2D eigenvalue weighted by Crippen LogP contribution is -2.24. The molecule has 1 aliphatic carbocycles. The number of thioether (sulfide) groups is 1. The summed E-state index contributed by atoms with van der Waals surface area (Å²) in [6.07, 6.45) is 8.24. The zero-order chi connectivity index (χ0) is 21.4. The summed E-state index contributed by atoms with van der Waals surface area (Å²) in [6, 6.07) is 10.1. The summed E-state index contributed by atoms with van der Waals surface area (Å²) in [6.45, 7) is 2.52. The third-order valence-electron chi connectivity index (χ3n) is 5.42. The van der Waals surface area contributed by atoms with E-state index in [4.69, 9.17) is 4.42 Å². The molecule has 1 aromatic heterocycles. The number of hydrogen-bond donors (Lipinski definition) is 1. The second-order valence-electron chi connectivity index (χ2n) is 7.73. The van der Waals surface area contributed by atoms with E-state index < -0.39 is 9.84 Å². The summed E-state index contributed by atoms with van der Waals surface area (Å²) in [5.74, 6) is 0.928. The fraction of sp³-hybridized carbons (Fsp3) is 0.522. The molecule has 7 heteroatoms. The van der Waals surface area contributed by atoms with Gasteiger partial charge in [-0.3, -0.25) is 4.79 Å². The molecule has 1 saturated carbocycles. The van der Waals surface area contributed by atoms with Crippen LogP contribution in [0.2, 0.25) is 0 Å². The van der Waals surface area contributed by atoms with Crippen LogP contribution in [0.4, 0.5) is 0 Å². The second-order valence-corrected chi connectivity index (χ2v) is 11.1. The molecular weight excluding hydrogens is 418 g/mol. The van der Waals surface area contributed by atoms with Gasteiger partial charge in [-0.2, -0.15) is 11.8 Å². The average Bonchev–Trinajstić information content (AvgIpc) is 3.22. The first-order chi connectivity index (χ1) is 14.5. The van der Waals surface area contributed by atoms with Crippen LogP contribution >= 0.6 is 11.8 Å². The molecular formula is C23H31NO4S2. The van der Waals surface area contributed by atoms with Crippen LogP contribution in [0.25, 0.3) is 0 Å². The lowest BCUT2D eigenvalue weighted by Gasteiger charge is -2.20. The Morgan fingerprint density at radius 3 is 2.67 bits per heavy atom. The van der Waals surface area contributed by atoms with Crippen LogP contribution in [0.3, 0.4) is 0 Å². The molecule has 0 atom stereocenters. The van der Waals surface area contributed by atoms with Crippen LogP contribution in [0.5, 0.6) is 0 Å². The summed E-state index contributed by atoms with van der Waals surface area (Å²) in [5.41, 5.74) is 0.785. The van der Waals surface area contributed by atoms with E-state index in [2.05, 4.69) is 5.32 Å². The van der Waals surface area contributed by atoms with Gasteiger partial charge in [-0.15, -0.1) is 0 Å². The number of benzene rings is 1. The molecule has 0 saturated heterocycles. The number of nitrogens with one attached hydrogen (secondary N) is 1. The number of carbonyl (C=O) groups excluding carboxylic acids is 1. The van der Waals surface area contributed by atoms with E-state index >= 15 is 0 Å². The summed E-state index contributed by atoms with van der Waals surface area (Å²) < 4.78 is 31.1. The van der Waals surface area contributed by atoms with E-state index in [1.54, 1.807) is 24.3 Å². The molecule has 1 fully saturated rings. The molecule has 1 aromatic carbocycles. The second kappa shape index (κ2) is 11.0. The lowest BCUT2D eigenvalue weighted by atomic mass is 10.0. The van der Waals surface area contributed by atoms with Crippen molar-refractivity contribution in [3.63, 3.8) is 0 Å². The number of amides is 1. The van der Waals surface area contributed by atoms with Gasteiger partial charge in [-0.25, -0.2) is 8.42 Å². The Morgan fingerprint density at radius 2 is 1.90 bits per heavy atom. The zero-order valence-corrected chi connectivity index (χ0v) is 19.2. The number of furan rings is 1. The monoisotopic (exact) mass is 449 g/mol. The van der Waals surface area contributed by atoms with E-state index in [9.17, 15) is 13.2 Å². The number of rotatable bonds is 10. The molecule has 5 nitrogen and oxygen atoms in total. The van der Waals surface area contributed by atoms with Gasteiger partial charge in [0.05, 0.1) is 4.90 Å². The van der Waals surface area contributed by atoms with Crippen molar-refractivity contribution in [3.8, 4) is 0 Å². The first kappa shape index (κ1) is 22.9. The molecule has 0 unspecified atom stereocenters. The fourth-order valence-electron chi connectivity index (χ4n) is 3.78. The minimum absolute atomic E-state index is 0.156. The van der Waals surface area contributed by atoms with Crippen molar-refractivity contribution in [1.29, 1.82) is 0 Å². The molecule has 3 rings (SSSR count). The van der Waals surface area contributed by atoms with Gasteiger partial charge in [0.25, 0.3) is 5.91 Å². The fourth-order valence-corrected chi connectivity index (χ4v) is 6.68. The molecule has 2 aromatic rings. The Balaban J connectivity index is 1.47. The van der Waals surface area contributed by atoms with Crippen LogP contribution in [0, 0.1) is 0 Å². The summed E-state index contributed by atoms with van der Waals surface area (Å²) in [5, 5.41) is 3.65. The molecule has 0 bridgehead atoms. The quantitative estimate of drug-likeness (QED) is 0.517. The highest BCUT2D eigenvalue weighted by Crippen LogP contribution is 2.28. The molecule has 0 spiro atoms. The number of hydrogen-bond acceptors (Lipinski definition) is 5. The highest BCUT2D eigenvalue weighted by Gasteiger charge is 2.21. The molecule has 1 N–H and O–H groups in total. The van der Waals surface area contributed by atoms with Crippen molar-refractivity contribution < 1.29 is 17.6 Å². The predicted molar refractivity (Wildman–Crippen MR) is 122 cm³/mol. The SMILES string of the molecule is CCc1ccccc1S(=O)(=O)Cc1ccc(C(=O)NCCCSC2CCCCC2)o1. The van der Waals surface area contributed by atoms with Gasteiger partial charge in [0.1, 0.15) is 11.5 Å². The molecule has 30 heavy (non-hydrogen) atoms. The number of aryl methyl sites for hydroxylation is 1. The normalized spacial score (nSPS) is 15.2. The van der Waals surface area contributed by atoms with Crippen LogP contribution in [0.1, 0.15) is 67.3 Å². The average molecular weight is 450 g/mol. The van der Waals surface area contributed by atoms with Crippen LogP contribution in [-0.2, 0) is 22.0 Å². The van der Waals surface area contributed by atoms with Gasteiger partial charge in [-0.1, -0.05) is 44.4 Å². The largest absolute Gasteiger partial charge is 0.455 e. The first-order valence-electron chi connectivity index (χ1n) is 10.8. The molecule has 1 aliphatic rings. The molecule has 1 amide bonds. The van der Waals surface area contributed by atoms with Gasteiger partial charge >= 0.3 is 0 Å². The Morgan fingerprint density at radius 1 is 1.13 bits per heavy atom. The Labute approximate surface area is 183 Å². The van der Waals surface area contributed by atoms with Gasteiger partial charge in [0, 0.05) is 11.8 Å². The maximum absolute atomic E-state index is 12.8. The highest BCUT2D eigenvalue weighted by atomic mass is 32.2.